The molecule has 7 nitrogen and oxygen atoms in total. The van der Waals surface area contributed by atoms with Crippen molar-refractivity contribution in [2.45, 2.75) is 18.8 Å². The lowest BCUT2D eigenvalue weighted by Gasteiger charge is -2.40. The molecule has 0 bridgehead atoms. The number of aliphatic imine (C=N–C) groups is 1. The van der Waals surface area contributed by atoms with Gasteiger partial charge in [-0.1, -0.05) is 30.3 Å². The molecule has 2 heterocycles. The molecule has 3 rings (SSSR count). The Bertz CT molecular complexity index is 633. The average Bonchev–Trinajstić information content (AvgIpc) is 2.95. The van der Waals surface area contributed by atoms with Crippen LogP contribution in [0.25, 0.3) is 0 Å². The van der Waals surface area contributed by atoms with Gasteiger partial charge in [0.2, 0.25) is 0 Å². The van der Waals surface area contributed by atoms with Crippen molar-refractivity contribution in [1.29, 1.82) is 0 Å². The third-order valence-electron chi connectivity index (χ3n) is 4.28. The predicted molar refractivity (Wildman–Crippen MR) is 86.6 cm³/mol. The van der Waals surface area contributed by atoms with Crippen LogP contribution in [0.2, 0.25) is 0 Å². The van der Waals surface area contributed by atoms with E-state index in [9.17, 15) is 9.59 Å². The lowest BCUT2D eigenvalue weighted by atomic mass is 10.1. The van der Waals surface area contributed by atoms with Crippen molar-refractivity contribution in [1.82, 2.24) is 19.6 Å². The minimum atomic E-state index is -0.444. The van der Waals surface area contributed by atoms with Crippen molar-refractivity contribution in [3.8, 4) is 0 Å². The van der Waals surface area contributed by atoms with Crippen molar-refractivity contribution in [3.63, 3.8) is 0 Å². The molecule has 2 aliphatic heterocycles. The second-order valence-electron chi connectivity index (χ2n) is 6.07. The highest BCUT2D eigenvalue weighted by atomic mass is 16.2. The van der Waals surface area contributed by atoms with Crippen LogP contribution >= 0.6 is 0 Å². The normalized spacial score (nSPS) is 23.9. The highest BCUT2D eigenvalue weighted by Gasteiger charge is 2.48. The first kappa shape index (κ1) is 15.5. The van der Waals surface area contributed by atoms with Gasteiger partial charge in [0.1, 0.15) is 0 Å². The smallest absolute Gasteiger partial charge is 0.328 e. The quantitative estimate of drug-likeness (QED) is 0.818. The van der Waals surface area contributed by atoms with Crippen molar-refractivity contribution in [2.24, 2.45) is 4.99 Å². The van der Waals surface area contributed by atoms with Crippen LogP contribution in [0.4, 0.5) is 4.79 Å². The molecule has 122 valence electrons. The molecule has 0 radical (unpaired) electrons. The molecule has 7 heteroatoms. The van der Waals surface area contributed by atoms with E-state index in [1.165, 1.54) is 22.4 Å². The molecule has 0 aromatic heterocycles. The number of amides is 3. The summed E-state index contributed by atoms with van der Waals surface area (Å²) < 4.78 is 0. The van der Waals surface area contributed by atoms with E-state index < -0.39 is 12.2 Å². The van der Waals surface area contributed by atoms with Gasteiger partial charge in [-0.25, -0.2) is 9.79 Å². The number of nitrogens with zero attached hydrogens (tertiary/aromatic N) is 5. The molecule has 1 aromatic rings. The van der Waals surface area contributed by atoms with Gasteiger partial charge in [0.05, 0.1) is 13.0 Å². The number of rotatable bonds is 4. The van der Waals surface area contributed by atoms with Crippen molar-refractivity contribution in [2.75, 3.05) is 27.8 Å². The largest absolute Gasteiger partial charge is 0.334 e. The Kier molecular flexibility index (Phi) is 4.04. The molecule has 1 aromatic carbocycles. The average molecular weight is 315 g/mol. The zero-order valence-corrected chi connectivity index (χ0v) is 13.6. The number of carbonyl (C=O) groups excluding carboxylic acids is 2. The molecule has 1 fully saturated rings. The van der Waals surface area contributed by atoms with Crippen LogP contribution in [0.5, 0.6) is 0 Å². The summed E-state index contributed by atoms with van der Waals surface area (Å²) in [4.78, 5) is 35.5. The van der Waals surface area contributed by atoms with Gasteiger partial charge < -0.3 is 9.80 Å². The Hall–Kier alpha value is -2.41. The zero-order chi connectivity index (χ0) is 16.6. The van der Waals surface area contributed by atoms with Gasteiger partial charge in [0, 0.05) is 20.6 Å². The summed E-state index contributed by atoms with van der Waals surface area (Å²) in [5.74, 6) is -0.205. The number of likely N-dealkylation sites (N-methyl/N-ethyl adjacent to an activating group) is 2. The molecule has 1 saturated heterocycles. The number of imide groups is 1. The summed E-state index contributed by atoms with van der Waals surface area (Å²) in [5.41, 5.74) is 1.21. The van der Waals surface area contributed by atoms with Crippen molar-refractivity contribution in [3.05, 3.63) is 35.9 Å². The Morgan fingerprint density at radius 1 is 1.17 bits per heavy atom. The van der Waals surface area contributed by atoms with E-state index in [0.29, 0.717) is 6.67 Å². The fraction of sp³-hybridized carbons (Fsp3) is 0.438. The van der Waals surface area contributed by atoms with Gasteiger partial charge >= 0.3 is 6.03 Å². The monoisotopic (exact) mass is 315 g/mol. The molecule has 0 N–H and O–H groups in total. The van der Waals surface area contributed by atoms with E-state index in [-0.39, 0.29) is 11.9 Å². The molecular weight excluding hydrogens is 294 g/mol. The topological polar surface area (TPSA) is 59.5 Å². The van der Waals surface area contributed by atoms with Crippen molar-refractivity contribution >= 4 is 18.3 Å². The van der Waals surface area contributed by atoms with Gasteiger partial charge in [0.25, 0.3) is 5.91 Å². The highest BCUT2D eigenvalue weighted by molar-refractivity contribution is 6.01. The molecule has 23 heavy (non-hydrogen) atoms. The standard InChI is InChI=1S/C16H21N5O2/c1-18(9-12-7-5-4-6-8-12)11-21-10-17-14-13(21)15(22)20(3)16(23)19(14)2/h4-8,10,13-14H,9,11H2,1-3H3. The fourth-order valence-corrected chi connectivity index (χ4v) is 3.05. The van der Waals surface area contributed by atoms with E-state index in [4.69, 9.17) is 0 Å². The number of hydrogen-bond acceptors (Lipinski definition) is 5. The number of fused-ring (bicyclic) bond motifs is 1. The Balaban J connectivity index is 1.68. The number of benzene rings is 1. The first-order chi connectivity index (χ1) is 11.0. The molecule has 2 unspecified atom stereocenters. The summed E-state index contributed by atoms with van der Waals surface area (Å²) in [6, 6.07) is 9.40. The second kappa shape index (κ2) is 6.00. The SMILES string of the molecule is CN(Cc1ccccc1)CN1C=NC2C1C(=O)N(C)C(=O)N2C. The van der Waals surface area contributed by atoms with Gasteiger partial charge in [-0.15, -0.1) is 0 Å². The van der Waals surface area contributed by atoms with Crippen LogP contribution in [-0.2, 0) is 11.3 Å². The van der Waals surface area contributed by atoms with Crippen LogP contribution < -0.4 is 0 Å². The van der Waals surface area contributed by atoms with Gasteiger partial charge in [0.15, 0.2) is 12.2 Å². The Morgan fingerprint density at radius 2 is 1.87 bits per heavy atom. The fourth-order valence-electron chi connectivity index (χ4n) is 3.05. The lowest BCUT2D eigenvalue weighted by Crippen LogP contribution is -2.64. The van der Waals surface area contributed by atoms with Gasteiger partial charge in [-0.3, -0.25) is 14.6 Å². The molecule has 0 spiro atoms. The number of urea groups is 1. The Labute approximate surface area is 135 Å². The third kappa shape index (κ3) is 2.79. The summed E-state index contributed by atoms with van der Waals surface area (Å²) in [7, 11) is 5.19. The number of hydrogen-bond donors (Lipinski definition) is 0. The molecular formula is C16H21N5O2. The molecule has 3 amide bonds. The van der Waals surface area contributed by atoms with Crippen LogP contribution in [0.15, 0.2) is 35.3 Å². The first-order valence-electron chi connectivity index (χ1n) is 7.55. The Morgan fingerprint density at radius 3 is 2.57 bits per heavy atom. The van der Waals surface area contributed by atoms with Crippen LogP contribution in [0, 0.1) is 0 Å². The van der Waals surface area contributed by atoms with Crippen molar-refractivity contribution < 1.29 is 9.59 Å². The van der Waals surface area contributed by atoms with Crippen LogP contribution in [-0.4, -0.2) is 77.9 Å². The van der Waals surface area contributed by atoms with E-state index in [0.717, 1.165) is 6.54 Å². The molecule has 0 aliphatic carbocycles. The molecule has 2 aliphatic rings. The van der Waals surface area contributed by atoms with E-state index >= 15 is 0 Å². The minimum absolute atomic E-state index is 0.205. The number of carbonyl (C=O) groups is 2. The highest BCUT2D eigenvalue weighted by Crippen LogP contribution is 2.24. The summed E-state index contributed by atoms with van der Waals surface area (Å²) >= 11 is 0. The first-order valence-corrected chi connectivity index (χ1v) is 7.55. The maximum Gasteiger partial charge on any atom is 0.328 e. The second-order valence-corrected chi connectivity index (χ2v) is 6.07. The van der Waals surface area contributed by atoms with E-state index in [1.54, 1.807) is 13.4 Å². The van der Waals surface area contributed by atoms with E-state index in [2.05, 4.69) is 22.0 Å². The maximum absolute atomic E-state index is 12.5. The van der Waals surface area contributed by atoms with E-state index in [1.807, 2.05) is 30.1 Å². The summed E-state index contributed by atoms with van der Waals surface area (Å²) in [5, 5.41) is 0. The van der Waals surface area contributed by atoms with Crippen LogP contribution in [0.3, 0.4) is 0 Å². The van der Waals surface area contributed by atoms with Gasteiger partial charge in [-0.2, -0.15) is 0 Å². The lowest BCUT2D eigenvalue weighted by molar-refractivity contribution is -0.136. The van der Waals surface area contributed by atoms with Gasteiger partial charge in [-0.05, 0) is 12.6 Å². The summed E-state index contributed by atoms with van der Waals surface area (Å²) in [6.07, 6.45) is 1.24. The molecule has 0 saturated carbocycles. The zero-order valence-electron chi connectivity index (χ0n) is 13.6. The third-order valence-corrected chi connectivity index (χ3v) is 4.28. The minimum Gasteiger partial charge on any atom is -0.334 e. The maximum atomic E-state index is 12.5. The van der Waals surface area contributed by atoms with Crippen LogP contribution in [0.1, 0.15) is 5.56 Å². The summed E-state index contributed by atoms with van der Waals surface area (Å²) in [6.45, 7) is 1.35. The molecule has 2 atom stereocenters. The predicted octanol–water partition coefficient (Wildman–Crippen LogP) is 0.638.